The molecule has 6 heteroatoms. The Morgan fingerprint density at radius 1 is 1.44 bits per heavy atom. The lowest BCUT2D eigenvalue weighted by Gasteiger charge is -2.10. The van der Waals surface area contributed by atoms with E-state index in [1.165, 1.54) is 6.07 Å². The molecule has 90 valence electrons. The van der Waals surface area contributed by atoms with Crippen LogP contribution in [0.15, 0.2) is 12.1 Å². The van der Waals surface area contributed by atoms with Crippen molar-refractivity contribution in [2.75, 3.05) is 29.6 Å². The van der Waals surface area contributed by atoms with Crippen LogP contribution in [0.4, 0.5) is 20.2 Å². The molecule has 16 heavy (non-hydrogen) atoms. The van der Waals surface area contributed by atoms with Crippen LogP contribution < -0.4 is 11.1 Å². The molecule has 1 rings (SSSR count). The molecule has 0 spiro atoms. The third-order valence-electron chi connectivity index (χ3n) is 2.04. The minimum atomic E-state index is -0.974. The van der Waals surface area contributed by atoms with Gasteiger partial charge in [-0.05, 0) is 18.6 Å². The highest BCUT2D eigenvalue weighted by molar-refractivity contribution is 7.84. The second-order valence-electron chi connectivity index (χ2n) is 3.38. The first-order valence-electron chi connectivity index (χ1n) is 4.79. The first-order chi connectivity index (χ1) is 7.52. The number of anilines is 2. The number of rotatable bonds is 5. The molecule has 3 N–H and O–H groups in total. The summed E-state index contributed by atoms with van der Waals surface area (Å²) in [6.07, 6.45) is 2.20. The molecule has 0 saturated carbocycles. The quantitative estimate of drug-likeness (QED) is 0.616. The van der Waals surface area contributed by atoms with Crippen molar-refractivity contribution in [2.45, 2.75) is 6.42 Å². The van der Waals surface area contributed by atoms with E-state index in [0.717, 1.165) is 6.07 Å². The summed E-state index contributed by atoms with van der Waals surface area (Å²) in [4.78, 5) is 0. The molecular formula is C10H14F2N2OS. The van der Waals surface area contributed by atoms with Crippen LogP contribution in [0.2, 0.25) is 0 Å². The molecule has 0 saturated heterocycles. The average molecular weight is 248 g/mol. The second-order valence-corrected chi connectivity index (χ2v) is 4.94. The zero-order valence-electron chi connectivity index (χ0n) is 8.93. The predicted octanol–water partition coefficient (Wildman–Crippen LogP) is 1.73. The maximum Gasteiger partial charge on any atom is 0.183 e. The Balaban J connectivity index is 2.60. The van der Waals surface area contributed by atoms with Crippen LogP contribution in [-0.2, 0) is 10.8 Å². The first-order valence-corrected chi connectivity index (χ1v) is 6.52. The molecule has 1 aromatic rings. The SMILES string of the molecule is CS(=O)CCCNc1c(N)ccc(F)c1F. The van der Waals surface area contributed by atoms with Crippen LogP contribution in [0.3, 0.4) is 0 Å². The fourth-order valence-electron chi connectivity index (χ4n) is 1.23. The third-order valence-corrected chi connectivity index (χ3v) is 2.90. The van der Waals surface area contributed by atoms with E-state index >= 15 is 0 Å². The Kier molecular flexibility index (Phi) is 4.67. The van der Waals surface area contributed by atoms with Gasteiger partial charge in [0.2, 0.25) is 0 Å². The Bertz CT molecular complexity index is 399. The van der Waals surface area contributed by atoms with Gasteiger partial charge in [0.05, 0.1) is 11.4 Å². The lowest BCUT2D eigenvalue weighted by molar-refractivity contribution is 0.511. The smallest absolute Gasteiger partial charge is 0.183 e. The number of nitrogens with one attached hydrogen (secondary N) is 1. The van der Waals surface area contributed by atoms with Gasteiger partial charge in [-0.25, -0.2) is 8.78 Å². The van der Waals surface area contributed by atoms with Gasteiger partial charge < -0.3 is 11.1 Å². The van der Waals surface area contributed by atoms with E-state index in [4.69, 9.17) is 5.73 Å². The number of halogens is 2. The van der Waals surface area contributed by atoms with E-state index in [9.17, 15) is 13.0 Å². The van der Waals surface area contributed by atoms with Crippen molar-refractivity contribution < 1.29 is 13.0 Å². The summed E-state index contributed by atoms with van der Waals surface area (Å²) in [7, 11) is -0.878. The van der Waals surface area contributed by atoms with E-state index in [1.54, 1.807) is 6.26 Å². The molecule has 0 aliphatic heterocycles. The molecule has 1 unspecified atom stereocenters. The van der Waals surface area contributed by atoms with Gasteiger partial charge in [-0.15, -0.1) is 0 Å². The molecule has 0 bridgehead atoms. The number of nitrogen functional groups attached to an aromatic ring is 1. The minimum Gasteiger partial charge on any atom is -0.397 e. The first kappa shape index (κ1) is 12.9. The van der Waals surface area contributed by atoms with E-state index in [-0.39, 0.29) is 11.4 Å². The van der Waals surface area contributed by atoms with Gasteiger partial charge >= 0.3 is 0 Å². The molecule has 0 amide bonds. The molecule has 3 nitrogen and oxygen atoms in total. The Labute approximate surface area is 95.5 Å². The number of benzene rings is 1. The predicted molar refractivity (Wildman–Crippen MR) is 62.8 cm³/mol. The van der Waals surface area contributed by atoms with E-state index in [1.807, 2.05) is 0 Å². The zero-order valence-corrected chi connectivity index (χ0v) is 9.74. The number of hydrogen-bond acceptors (Lipinski definition) is 3. The highest BCUT2D eigenvalue weighted by Gasteiger charge is 2.10. The van der Waals surface area contributed by atoms with Crippen molar-refractivity contribution in [1.29, 1.82) is 0 Å². The minimum absolute atomic E-state index is 0.0260. The number of hydrogen-bond donors (Lipinski definition) is 2. The van der Waals surface area contributed by atoms with Crippen LogP contribution in [0.1, 0.15) is 6.42 Å². The largest absolute Gasteiger partial charge is 0.397 e. The van der Waals surface area contributed by atoms with Gasteiger partial charge in [0.25, 0.3) is 0 Å². The summed E-state index contributed by atoms with van der Waals surface area (Å²) in [5.74, 6) is -1.39. The van der Waals surface area contributed by atoms with Gasteiger partial charge in [0.1, 0.15) is 0 Å². The standard InChI is InChI=1S/C10H14F2N2OS/c1-16(15)6-2-5-14-10-8(13)4-3-7(11)9(10)12/h3-4,14H,2,5-6,13H2,1H3. The van der Waals surface area contributed by atoms with Crippen molar-refractivity contribution in [3.05, 3.63) is 23.8 Å². The maximum absolute atomic E-state index is 13.3. The molecular weight excluding hydrogens is 234 g/mol. The molecule has 0 aliphatic carbocycles. The lowest BCUT2D eigenvalue weighted by Crippen LogP contribution is -2.10. The van der Waals surface area contributed by atoms with Crippen LogP contribution in [0.5, 0.6) is 0 Å². The third kappa shape index (κ3) is 3.44. The highest BCUT2D eigenvalue weighted by atomic mass is 32.2. The van der Waals surface area contributed by atoms with Crippen LogP contribution >= 0.6 is 0 Å². The fraction of sp³-hybridized carbons (Fsp3) is 0.400. The summed E-state index contributed by atoms with van der Waals surface area (Å²) in [6, 6.07) is 2.29. The van der Waals surface area contributed by atoms with E-state index < -0.39 is 22.4 Å². The van der Waals surface area contributed by atoms with E-state index in [2.05, 4.69) is 5.32 Å². The molecule has 0 aromatic heterocycles. The molecule has 0 aliphatic rings. The highest BCUT2D eigenvalue weighted by Crippen LogP contribution is 2.24. The molecule has 1 atom stereocenters. The number of nitrogens with two attached hydrogens (primary N) is 1. The van der Waals surface area contributed by atoms with Crippen LogP contribution in [0, 0.1) is 11.6 Å². The summed E-state index contributed by atoms with van der Waals surface area (Å²) >= 11 is 0. The monoisotopic (exact) mass is 248 g/mol. The topological polar surface area (TPSA) is 55.1 Å². The Hall–Kier alpha value is -1.17. The van der Waals surface area contributed by atoms with Gasteiger partial charge in [-0.2, -0.15) is 0 Å². The summed E-state index contributed by atoms with van der Waals surface area (Å²) in [5.41, 5.74) is 5.64. The second kappa shape index (κ2) is 5.79. The van der Waals surface area contributed by atoms with Gasteiger partial charge in [-0.3, -0.25) is 4.21 Å². The average Bonchev–Trinajstić information content (AvgIpc) is 2.22. The van der Waals surface area contributed by atoms with Crippen molar-refractivity contribution >= 4 is 22.2 Å². The molecule has 1 aromatic carbocycles. The summed E-state index contributed by atoms with van der Waals surface area (Å²) in [5, 5.41) is 2.70. The molecule has 0 radical (unpaired) electrons. The van der Waals surface area contributed by atoms with Gasteiger partial charge in [0, 0.05) is 29.4 Å². The summed E-state index contributed by atoms with van der Waals surface area (Å²) < 4.78 is 36.9. The van der Waals surface area contributed by atoms with Gasteiger partial charge in [0.15, 0.2) is 11.6 Å². The lowest BCUT2D eigenvalue weighted by atomic mass is 10.2. The normalized spacial score (nSPS) is 12.4. The van der Waals surface area contributed by atoms with E-state index in [0.29, 0.717) is 18.7 Å². The van der Waals surface area contributed by atoms with Crippen molar-refractivity contribution in [3.8, 4) is 0 Å². The van der Waals surface area contributed by atoms with Crippen LogP contribution in [-0.4, -0.2) is 22.8 Å². The molecule has 0 fully saturated rings. The van der Waals surface area contributed by atoms with Gasteiger partial charge in [-0.1, -0.05) is 0 Å². The fourth-order valence-corrected chi connectivity index (χ4v) is 1.78. The maximum atomic E-state index is 13.3. The molecule has 0 heterocycles. The Morgan fingerprint density at radius 3 is 2.75 bits per heavy atom. The van der Waals surface area contributed by atoms with Crippen molar-refractivity contribution in [1.82, 2.24) is 0 Å². The summed E-state index contributed by atoms with van der Waals surface area (Å²) in [6.45, 7) is 0.407. The van der Waals surface area contributed by atoms with Crippen LogP contribution in [0.25, 0.3) is 0 Å². The zero-order chi connectivity index (χ0) is 12.1. The Morgan fingerprint density at radius 2 is 2.12 bits per heavy atom. The van der Waals surface area contributed by atoms with Crippen molar-refractivity contribution in [2.24, 2.45) is 0 Å². The van der Waals surface area contributed by atoms with Crippen molar-refractivity contribution in [3.63, 3.8) is 0 Å².